The number of amides is 2. The standard InChI is InChI=1S/C13H21N3O4/c1-13(2,3)6-9(11(17)18)7-14-12(19)15-8-10-4-5-16-20-10/h4-5,9H,6-8H2,1-3H3,(H,17,18)(H2,14,15,19). The van der Waals surface area contributed by atoms with Crippen LogP contribution in [0.3, 0.4) is 0 Å². The number of urea groups is 1. The Kier molecular flexibility index (Phi) is 5.54. The fourth-order valence-corrected chi connectivity index (χ4v) is 1.77. The molecule has 3 N–H and O–H groups in total. The van der Waals surface area contributed by atoms with Crippen molar-refractivity contribution in [2.75, 3.05) is 6.54 Å². The number of hydrogen-bond donors (Lipinski definition) is 3. The number of aromatic nitrogens is 1. The molecule has 2 amide bonds. The van der Waals surface area contributed by atoms with Gasteiger partial charge in [-0.25, -0.2) is 4.79 Å². The largest absolute Gasteiger partial charge is 0.481 e. The summed E-state index contributed by atoms with van der Waals surface area (Å²) in [7, 11) is 0. The Morgan fingerprint density at radius 1 is 1.40 bits per heavy atom. The Labute approximate surface area is 117 Å². The number of nitrogens with zero attached hydrogens (tertiary/aromatic N) is 1. The van der Waals surface area contributed by atoms with Crippen molar-refractivity contribution in [1.29, 1.82) is 0 Å². The lowest BCUT2D eigenvalue weighted by atomic mass is 9.84. The number of rotatable bonds is 6. The molecule has 1 atom stereocenters. The molecular weight excluding hydrogens is 262 g/mol. The lowest BCUT2D eigenvalue weighted by molar-refractivity contribution is -0.142. The van der Waals surface area contributed by atoms with Gasteiger partial charge in [-0.1, -0.05) is 25.9 Å². The molecular formula is C13H21N3O4. The van der Waals surface area contributed by atoms with E-state index in [1.807, 2.05) is 20.8 Å². The summed E-state index contributed by atoms with van der Waals surface area (Å²) < 4.78 is 4.83. The van der Waals surface area contributed by atoms with E-state index < -0.39 is 17.9 Å². The monoisotopic (exact) mass is 283 g/mol. The van der Waals surface area contributed by atoms with Gasteiger partial charge in [-0.2, -0.15) is 0 Å². The number of hydrogen-bond acceptors (Lipinski definition) is 4. The first-order valence-corrected chi connectivity index (χ1v) is 6.42. The van der Waals surface area contributed by atoms with E-state index in [9.17, 15) is 9.59 Å². The zero-order valence-electron chi connectivity index (χ0n) is 12.0. The maximum Gasteiger partial charge on any atom is 0.315 e. The molecule has 1 rings (SSSR count). The van der Waals surface area contributed by atoms with Gasteiger partial charge >= 0.3 is 12.0 Å². The molecule has 0 fully saturated rings. The van der Waals surface area contributed by atoms with Crippen LogP contribution in [-0.4, -0.2) is 28.8 Å². The first-order valence-electron chi connectivity index (χ1n) is 6.42. The highest BCUT2D eigenvalue weighted by molar-refractivity contribution is 5.75. The molecule has 0 bridgehead atoms. The fourth-order valence-electron chi connectivity index (χ4n) is 1.77. The van der Waals surface area contributed by atoms with Crippen LogP contribution in [0.4, 0.5) is 4.79 Å². The second-order valence-corrected chi connectivity index (χ2v) is 5.84. The summed E-state index contributed by atoms with van der Waals surface area (Å²) in [6.07, 6.45) is 1.98. The molecule has 0 aliphatic carbocycles. The highest BCUT2D eigenvalue weighted by Crippen LogP contribution is 2.24. The molecule has 0 spiro atoms. The first kappa shape index (κ1) is 16.0. The van der Waals surface area contributed by atoms with Crippen LogP contribution in [0.1, 0.15) is 33.0 Å². The summed E-state index contributed by atoms with van der Waals surface area (Å²) in [6, 6.07) is 1.21. The van der Waals surface area contributed by atoms with Gasteiger partial charge in [0.1, 0.15) is 0 Å². The number of nitrogens with one attached hydrogen (secondary N) is 2. The van der Waals surface area contributed by atoms with E-state index in [4.69, 9.17) is 9.63 Å². The molecule has 7 nitrogen and oxygen atoms in total. The zero-order valence-corrected chi connectivity index (χ0v) is 12.0. The van der Waals surface area contributed by atoms with Crippen molar-refractivity contribution >= 4 is 12.0 Å². The van der Waals surface area contributed by atoms with Crippen LogP contribution in [0.5, 0.6) is 0 Å². The molecule has 112 valence electrons. The van der Waals surface area contributed by atoms with Crippen molar-refractivity contribution in [3.05, 3.63) is 18.0 Å². The Balaban J connectivity index is 2.35. The highest BCUT2D eigenvalue weighted by Gasteiger charge is 2.24. The van der Waals surface area contributed by atoms with Gasteiger partial charge in [0.25, 0.3) is 0 Å². The van der Waals surface area contributed by atoms with E-state index in [1.54, 1.807) is 6.07 Å². The molecule has 7 heteroatoms. The molecule has 0 aliphatic heterocycles. The molecule has 1 heterocycles. The Hall–Kier alpha value is -2.05. The van der Waals surface area contributed by atoms with Crippen molar-refractivity contribution < 1.29 is 19.2 Å². The number of carboxylic acids is 1. The SMILES string of the molecule is CC(C)(C)CC(CNC(=O)NCc1ccno1)C(=O)O. The van der Waals surface area contributed by atoms with Crippen molar-refractivity contribution in [2.45, 2.75) is 33.7 Å². The molecule has 1 unspecified atom stereocenters. The van der Waals surface area contributed by atoms with Crippen molar-refractivity contribution in [1.82, 2.24) is 15.8 Å². The number of carbonyl (C=O) groups is 2. The summed E-state index contributed by atoms with van der Waals surface area (Å²) in [5.41, 5.74) is -0.110. The quantitative estimate of drug-likeness (QED) is 0.735. The third-order valence-electron chi connectivity index (χ3n) is 2.63. The molecule has 1 aromatic heterocycles. The van der Waals surface area contributed by atoms with E-state index in [-0.39, 0.29) is 18.5 Å². The van der Waals surface area contributed by atoms with E-state index in [1.165, 1.54) is 6.20 Å². The molecule has 0 saturated heterocycles. The minimum atomic E-state index is -0.907. The van der Waals surface area contributed by atoms with Crippen LogP contribution in [0, 0.1) is 11.3 Å². The Morgan fingerprint density at radius 2 is 2.10 bits per heavy atom. The summed E-state index contributed by atoms with van der Waals surface area (Å²) >= 11 is 0. The minimum Gasteiger partial charge on any atom is -0.481 e. The smallest absolute Gasteiger partial charge is 0.315 e. The topological polar surface area (TPSA) is 104 Å². The number of carboxylic acid groups (broad SMARTS) is 1. The lowest BCUT2D eigenvalue weighted by Crippen LogP contribution is -2.40. The first-order chi connectivity index (χ1) is 9.28. The molecule has 20 heavy (non-hydrogen) atoms. The fraction of sp³-hybridized carbons (Fsp3) is 0.615. The van der Waals surface area contributed by atoms with Crippen LogP contribution in [0.15, 0.2) is 16.8 Å². The van der Waals surface area contributed by atoms with Crippen LogP contribution < -0.4 is 10.6 Å². The van der Waals surface area contributed by atoms with Gasteiger partial charge in [0.2, 0.25) is 0 Å². The predicted molar refractivity (Wildman–Crippen MR) is 71.9 cm³/mol. The zero-order chi connectivity index (χ0) is 15.2. The van der Waals surface area contributed by atoms with Gasteiger partial charge in [-0.3, -0.25) is 4.79 Å². The third-order valence-corrected chi connectivity index (χ3v) is 2.63. The van der Waals surface area contributed by atoms with E-state index in [0.29, 0.717) is 12.2 Å². The van der Waals surface area contributed by atoms with Gasteiger partial charge in [0, 0.05) is 12.6 Å². The summed E-state index contributed by atoms with van der Waals surface area (Å²) in [5.74, 6) is -0.980. The Morgan fingerprint density at radius 3 is 2.60 bits per heavy atom. The van der Waals surface area contributed by atoms with Crippen molar-refractivity contribution in [2.24, 2.45) is 11.3 Å². The second-order valence-electron chi connectivity index (χ2n) is 5.84. The van der Waals surface area contributed by atoms with Crippen LogP contribution in [0.2, 0.25) is 0 Å². The average Bonchev–Trinajstić information content (AvgIpc) is 2.83. The van der Waals surface area contributed by atoms with Gasteiger partial charge in [0.05, 0.1) is 18.7 Å². The number of carbonyl (C=O) groups excluding carboxylic acids is 1. The highest BCUT2D eigenvalue weighted by atomic mass is 16.5. The summed E-state index contributed by atoms with van der Waals surface area (Å²) in [6.45, 7) is 6.20. The molecule has 0 saturated carbocycles. The normalized spacial score (nSPS) is 12.8. The van der Waals surface area contributed by atoms with Crippen LogP contribution in [0.25, 0.3) is 0 Å². The molecule has 0 aromatic carbocycles. The average molecular weight is 283 g/mol. The van der Waals surface area contributed by atoms with Gasteiger partial charge in [-0.15, -0.1) is 0 Å². The van der Waals surface area contributed by atoms with Gasteiger partial charge in [-0.05, 0) is 11.8 Å². The van der Waals surface area contributed by atoms with Crippen molar-refractivity contribution in [3.8, 4) is 0 Å². The molecule has 0 radical (unpaired) electrons. The van der Waals surface area contributed by atoms with Gasteiger partial charge < -0.3 is 20.3 Å². The van der Waals surface area contributed by atoms with E-state index in [2.05, 4.69) is 15.8 Å². The minimum absolute atomic E-state index is 0.0921. The van der Waals surface area contributed by atoms with E-state index >= 15 is 0 Å². The molecule has 0 aliphatic rings. The van der Waals surface area contributed by atoms with E-state index in [0.717, 1.165) is 0 Å². The third kappa shape index (κ3) is 6.21. The maximum absolute atomic E-state index is 11.6. The Bertz CT molecular complexity index is 437. The molecule has 1 aromatic rings. The maximum atomic E-state index is 11.6. The number of aliphatic carboxylic acids is 1. The second kappa shape index (κ2) is 6.93. The lowest BCUT2D eigenvalue weighted by Gasteiger charge is -2.23. The van der Waals surface area contributed by atoms with Crippen LogP contribution in [-0.2, 0) is 11.3 Å². The van der Waals surface area contributed by atoms with Gasteiger partial charge in [0.15, 0.2) is 5.76 Å². The van der Waals surface area contributed by atoms with Crippen LogP contribution >= 0.6 is 0 Å². The predicted octanol–water partition coefficient (Wildman–Crippen LogP) is 1.61. The summed E-state index contributed by atoms with van der Waals surface area (Å²) in [4.78, 5) is 22.7. The summed E-state index contributed by atoms with van der Waals surface area (Å²) in [5, 5.41) is 17.8. The van der Waals surface area contributed by atoms with Crippen molar-refractivity contribution in [3.63, 3.8) is 0 Å².